The van der Waals surface area contributed by atoms with E-state index in [1.807, 2.05) is 39.8 Å². The summed E-state index contributed by atoms with van der Waals surface area (Å²) < 4.78 is 0. The summed E-state index contributed by atoms with van der Waals surface area (Å²) in [5.74, 6) is -3.34. The second kappa shape index (κ2) is 23.3. The molecule has 0 heterocycles. The average molecular weight is 797 g/mol. The van der Waals surface area contributed by atoms with Crippen LogP contribution < -0.4 is 11.1 Å². The zero-order valence-electron chi connectivity index (χ0n) is 33.9. The van der Waals surface area contributed by atoms with Gasteiger partial charge in [-0.1, -0.05) is 59.7 Å². The van der Waals surface area contributed by atoms with Crippen LogP contribution in [0.25, 0.3) is 9.69 Å². The third kappa shape index (κ3) is 13.9. The number of ketones is 2. The van der Waals surface area contributed by atoms with Crippen molar-refractivity contribution >= 4 is 34.8 Å². The highest BCUT2D eigenvalue weighted by Crippen LogP contribution is 2.28. The van der Waals surface area contributed by atoms with Gasteiger partial charge in [-0.05, 0) is 101 Å². The molecule has 1 amide bonds. The third-order valence-electron chi connectivity index (χ3n) is 9.96. The summed E-state index contributed by atoms with van der Waals surface area (Å²) >= 11 is 0. The first-order valence-corrected chi connectivity index (χ1v) is 18.5. The molecule has 0 bridgehead atoms. The summed E-state index contributed by atoms with van der Waals surface area (Å²) in [6, 6.07) is 23.5. The minimum absolute atomic E-state index is 0.00585. The Bertz CT molecular complexity index is 2310. The molecule has 0 aromatic heterocycles. The highest BCUT2D eigenvalue weighted by Gasteiger charge is 2.26. The zero-order chi connectivity index (χ0) is 44.4. The maximum Gasteiger partial charge on any atom is 0.309 e. The fourth-order valence-corrected chi connectivity index (χ4v) is 5.81. The van der Waals surface area contributed by atoms with E-state index in [1.165, 1.54) is 6.92 Å². The van der Waals surface area contributed by atoms with E-state index in [-0.39, 0.29) is 31.1 Å². The predicted octanol–water partition coefficient (Wildman–Crippen LogP) is 6.44. The molecule has 4 rings (SSSR count). The van der Waals surface area contributed by atoms with Crippen molar-refractivity contribution in [3.8, 4) is 12.1 Å². The second-order valence-electron chi connectivity index (χ2n) is 13.8. The molecule has 0 aliphatic rings. The molecule has 6 N–H and O–H groups in total. The lowest BCUT2D eigenvalue weighted by Gasteiger charge is -2.21. The third-order valence-corrected chi connectivity index (χ3v) is 9.96. The maximum absolute atomic E-state index is 12.6. The molecule has 0 saturated carbocycles. The van der Waals surface area contributed by atoms with Gasteiger partial charge in [-0.25, -0.2) is 9.69 Å². The Morgan fingerprint density at radius 1 is 0.661 bits per heavy atom. The van der Waals surface area contributed by atoms with Crippen LogP contribution in [0, 0.1) is 75.3 Å². The number of hydrogen-bond donors (Lipinski definition) is 5. The minimum Gasteiger partial charge on any atom is -0.481 e. The first-order valence-electron chi connectivity index (χ1n) is 18.5. The van der Waals surface area contributed by atoms with Gasteiger partial charge in [0.2, 0.25) is 5.91 Å². The molecule has 13 nitrogen and oxygen atoms in total. The predicted molar refractivity (Wildman–Crippen MR) is 223 cm³/mol. The van der Waals surface area contributed by atoms with Gasteiger partial charge in [0.25, 0.3) is 0 Å². The quantitative estimate of drug-likeness (QED) is 0.0735. The Hall–Kier alpha value is -7.00. The van der Waals surface area contributed by atoms with Gasteiger partial charge in [0.05, 0.1) is 73.5 Å². The molecule has 4 aromatic carbocycles. The summed E-state index contributed by atoms with van der Waals surface area (Å²) in [4.78, 5) is 53.9. The monoisotopic (exact) mass is 796 g/mol. The lowest BCUT2D eigenvalue weighted by molar-refractivity contribution is -0.145. The fraction of sp³-hybridized carbons (Fsp3) is 0.304. The molecule has 304 valence electrons. The number of Topliss-reactive ketones (excluding diaryl/α,β-unsaturated/α-hetero) is 2. The number of aliphatic hydroxyl groups excluding tert-OH is 2. The fourth-order valence-electron chi connectivity index (χ4n) is 5.81. The van der Waals surface area contributed by atoms with Crippen LogP contribution >= 0.6 is 0 Å². The van der Waals surface area contributed by atoms with Gasteiger partial charge in [-0.3, -0.25) is 19.2 Å². The van der Waals surface area contributed by atoms with Gasteiger partial charge in [0, 0.05) is 11.1 Å². The number of nitrogens with one attached hydrogen (secondary N) is 1. The van der Waals surface area contributed by atoms with E-state index in [0.29, 0.717) is 40.0 Å². The number of carboxylic acids is 1. The average Bonchev–Trinajstić information content (AvgIpc) is 3.23. The van der Waals surface area contributed by atoms with Crippen molar-refractivity contribution in [2.45, 2.75) is 66.6 Å². The summed E-state index contributed by atoms with van der Waals surface area (Å²) in [7, 11) is 0. The Labute approximate surface area is 345 Å². The van der Waals surface area contributed by atoms with Crippen LogP contribution in [0.15, 0.2) is 72.8 Å². The molecule has 13 heteroatoms. The van der Waals surface area contributed by atoms with Crippen LogP contribution in [-0.4, -0.2) is 64.1 Å². The number of nitriles is 2. The Morgan fingerprint density at radius 2 is 1.05 bits per heavy atom. The Morgan fingerprint density at radius 3 is 1.39 bits per heavy atom. The molecule has 0 saturated heterocycles. The van der Waals surface area contributed by atoms with Crippen molar-refractivity contribution < 1.29 is 34.5 Å². The number of amides is 1. The van der Waals surface area contributed by atoms with Gasteiger partial charge in [-0.2, -0.15) is 10.5 Å². The van der Waals surface area contributed by atoms with Crippen molar-refractivity contribution in [3.05, 3.63) is 151 Å². The number of aliphatic hydroxyl groups is 2. The SMILES string of the molecule is N#Cc1ccc(C(=O)CN)cc1.[C-]#[N+]c1ccc(C[C@@H](C(=O)NCC(=O)c2ccc(C#N)cc2)[C@H](C)O)c(C)c1C.[C-]#[N+]c1ccc(C[C@@H](C(=O)O)[C@H](C)O)c(C)c1C. The topological polar surface area (TPSA) is 223 Å². The number of carbonyl (C=O) groups is 4. The molecular formula is C46H48N6O7. The molecule has 4 aromatic rings. The highest BCUT2D eigenvalue weighted by atomic mass is 16.4. The molecule has 0 spiro atoms. The standard InChI is InChI=1S/C23H23N3O3.C14H17NO3.C9H8N2O/c1-14-15(2)21(25-4)10-9-19(14)11-20(16(3)27)23(29)26-13-22(28)18-7-5-17(12-24)6-8-18;1-8-9(2)13(15-4)6-5-11(8)7-12(10(3)16)14(17)18;10-5-7-1-3-8(4-2-7)9(12)6-11/h5-10,16,20,27H,11,13H2,1-3H3,(H,26,29);5-6,10,12,16H,7H2,1-3H3,(H,17,18);1-4H,6,11H2/t16-,20+;10-,12+;/m00./s1. The van der Waals surface area contributed by atoms with Crippen molar-refractivity contribution in [2.75, 3.05) is 13.1 Å². The largest absolute Gasteiger partial charge is 0.481 e. The van der Waals surface area contributed by atoms with E-state index < -0.39 is 35.9 Å². The summed E-state index contributed by atoms with van der Waals surface area (Å²) in [5.41, 5.74) is 13.6. The lowest BCUT2D eigenvalue weighted by atomic mass is 9.89. The van der Waals surface area contributed by atoms with Crippen LogP contribution in [0.2, 0.25) is 0 Å². The summed E-state index contributed by atoms with van der Waals surface area (Å²) in [6.45, 7) is 24.5. The molecule has 0 unspecified atom stereocenters. The number of rotatable bonds is 13. The van der Waals surface area contributed by atoms with Crippen molar-refractivity contribution in [2.24, 2.45) is 17.6 Å². The second-order valence-corrected chi connectivity index (χ2v) is 13.8. The zero-order valence-corrected chi connectivity index (χ0v) is 33.9. The van der Waals surface area contributed by atoms with Crippen molar-refractivity contribution in [1.82, 2.24) is 5.32 Å². The van der Waals surface area contributed by atoms with E-state index in [2.05, 4.69) is 15.0 Å². The van der Waals surface area contributed by atoms with E-state index in [9.17, 15) is 29.4 Å². The molecule has 59 heavy (non-hydrogen) atoms. The van der Waals surface area contributed by atoms with Crippen LogP contribution in [0.3, 0.4) is 0 Å². The van der Waals surface area contributed by atoms with Crippen LogP contribution in [-0.2, 0) is 22.4 Å². The minimum atomic E-state index is -1.00. The maximum atomic E-state index is 12.6. The molecule has 0 aliphatic carbocycles. The van der Waals surface area contributed by atoms with Crippen molar-refractivity contribution in [1.29, 1.82) is 10.5 Å². The molecule has 4 atom stereocenters. The number of hydrogen-bond acceptors (Lipinski definition) is 9. The molecule has 0 fully saturated rings. The van der Waals surface area contributed by atoms with E-state index in [0.717, 1.165) is 33.4 Å². The Balaban J connectivity index is 0.000000339. The van der Waals surface area contributed by atoms with Gasteiger partial charge in [0.1, 0.15) is 0 Å². The van der Waals surface area contributed by atoms with Crippen LogP contribution in [0.1, 0.15) is 79.1 Å². The number of aliphatic carboxylic acids is 1. The highest BCUT2D eigenvalue weighted by molar-refractivity contribution is 5.99. The van der Waals surface area contributed by atoms with E-state index in [1.54, 1.807) is 79.7 Å². The molecular weight excluding hydrogens is 749 g/mol. The van der Waals surface area contributed by atoms with Gasteiger partial charge in [-0.15, -0.1) is 0 Å². The molecule has 0 radical (unpaired) electrons. The number of benzene rings is 4. The number of carboxylic acid groups (broad SMARTS) is 1. The summed E-state index contributed by atoms with van der Waals surface area (Å²) in [5, 5.41) is 48.5. The van der Waals surface area contributed by atoms with E-state index in [4.69, 9.17) is 34.5 Å². The first kappa shape index (κ1) is 48.1. The Kier molecular flexibility index (Phi) is 19.0. The van der Waals surface area contributed by atoms with Gasteiger partial charge in [0.15, 0.2) is 22.9 Å². The lowest BCUT2D eigenvalue weighted by Crippen LogP contribution is -2.40. The smallest absolute Gasteiger partial charge is 0.309 e. The number of nitrogens with zero attached hydrogens (tertiary/aromatic N) is 4. The number of nitrogens with two attached hydrogens (primary N) is 1. The first-order chi connectivity index (χ1) is 27.9. The summed E-state index contributed by atoms with van der Waals surface area (Å²) in [6.07, 6.45) is -1.22. The molecule has 0 aliphatic heterocycles. The van der Waals surface area contributed by atoms with E-state index >= 15 is 0 Å². The van der Waals surface area contributed by atoms with Gasteiger partial charge >= 0.3 is 5.97 Å². The van der Waals surface area contributed by atoms with Crippen LogP contribution in [0.4, 0.5) is 11.4 Å². The van der Waals surface area contributed by atoms with Gasteiger partial charge < -0.3 is 26.4 Å². The van der Waals surface area contributed by atoms with Crippen LogP contribution in [0.5, 0.6) is 0 Å². The normalized spacial score (nSPS) is 12.1. The number of carbonyl (C=O) groups excluding carboxylic acids is 3. The van der Waals surface area contributed by atoms with Crippen molar-refractivity contribution in [3.63, 3.8) is 0 Å².